The Morgan fingerprint density at radius 2 is 0.701 bits per heavy atom. The molecule has 0 saturated carbocycles. The Labute approximate surface area is 849 Å². The molecule has 0 aliphatic carbocycles. The summed E-state index contributed by atoms with van der Waals surface area (Å²) in [5.74, 6) is -0.780. The number of hydrogen-bond donors (Lipinski definition) is 14. The number of phosphoric acid groups is 2. The minimum atomic E-state index is -5.94. The number of aromatic amines is 1. The van der Waals surface area contributed by atoms with Gasteiger partial charge < -0.3 is 162 Å². The van der Waals surface area contributed by atoms with E-state index in [2.05, 4.69) is 69.8 Å². The van der Waals surface area contributed by atoms with Gasteiger partial charge in [-0.1, -0.05) is 0 Å². The summed E-state index contributed by atoms with van der Waals surface area (Å²) in [5, 5.41) is 10.9. The lowest BCUT2D eigenvalue weighted by Gasteiger charge is -2.30. The Kier molecular flexibility index (Phi) is 36.2. The minimum absolute atomic E-state index is 0.00996. The standard InChI is InChI=1S/C73H104N26O38P6S4/c1-33-18-94(72(102)90-57(33)74)67-54(118-13-9-113-4)51(42(130-67)25-125-143(111,147)136-49-37(20-100)128-69(53(49)117-12-8-112-3)98-31-88-47-61(78)82-28-85-64(47)98)135-138(104,105)121-23-40-50(55(119-14-10-114-5)70(131-40)99-32-89-48-65(99)92-71(79)93-66(48)101)134-139(106,107)122-24-41-52(56(120-15-11-115-6)68(129-41)95-19-34(2)58(75)91-73(95)103)137-142(110,146)124-22-39-36(17-44(127-39)97-30-87-46-60(77)81-27-84-63(46)97)133-141(109,145)123-21-38-35(132-140(108,144)116-7)16-43(126-38)96-29-86-45-59(76)80-26-83-62(45)96/h18-19,26-32,35-44,49-56,67-70,100H,8-17,20-25H2,1-7H3,(H,104,105)(H,106,107)(H,108,144)(H,109,145)(H,110,146)(H,111,147)(H2,74,90,102)(H2,75,91,103)(H2,76,80,83)(H2,77,81,84)(H2,78,82,85)(H3,79,92,93,101)/t35-,36-,37-,38-,39-,40-,41-,42-,43-,44-,49+,50+,51+,52+,53?,54?,55?,56?,67-,68-,69-,70-,140?,141?,142?,143?/m1/s1. The summed E-state index contributed by atoms with van der Waals surface area (Å²) in [6.07, 6.45) is -23.8. The number of ether oxygens (including phenoxy) is 14. The van der Waals surface area contributed by atoms with Gasteiger partial charge in [0.25, 0.3) is 5.56 Å². The number of fused-ring (bicyclic) bond motifs is 4. The van der Waals surface area contributed by atoms with Crippen molar-refractivity contribution < 1.29 is 164 Å². The van der Waals surface area contributed by atoms with E-state index in [0.29, 0.717) is 0 Å². The van der Waals surface area contributed by atoms with Crippen LogP contribution in [0.25, 0.3) is 44.7 Å². The van der Waals surface area contributed by atoms with E-state index in [-0.39, 0.29) is 144 Å². The number of aliphatic hydroxyl groups is 1. The van der Waals surface area contributed by atoms with Crippen LogP contribution >= 0.6 is 42.5 Å². The molecule has 6 aliphatic heterocycles. The zero-order valence-electron chi connectivity index (χ0n) is 78.3. The van der Waals surface area contributed by atoms with Gasteiger partial charge >= 0.3 is 53.9 Å². The maximum atomic E-state index is 15.5. The number of nitrogens with two attached hydrogens (primary N) is 6. The van der Waals surface area contributed by atoms with Gasteiger partial charge in [-0.15, -0.1) is 0 Å². The predicted octanol–water partition coefficient (Wildman–Crippen LogP) is -1.34. The van der Waals surface area contributed by atoms with Crippen molar-refractivity contribution in [1.82, 2.24) is 97.2 Å². The van der Waals surface area contributed by atoms with Crippen LogP contribution in [-0.4, -0.2) is 357 Å². The number of nitrogens with zero attached hydrogens (tertiary/aromatic N) is 19. The summed E-state index contributed by atoms with van der Waals surface area (Å²) in [6, 6.07) is 0. The summed E-state index contributed by atoms with van der Waals surface area (Å²) < 4.78 is 195. The molecule has 0 aromatic carbocycles. The Hall–Kier alpha value is -7.70. The lowest BCUT2D eigenvalue weighted by atomic mass is 10.1. The molecule has 28 atom stereocenters. The number of nitrogen functional groups attached to an aromatic ring is 6. The molecule has 0 spiro atoms. The van der Waals surface area contributed by atoms with Crippen LogP contribution in [0.3, 0.4) is 0 Å². The first-order chi connectivity index (χ1) is 70.0. The van der Waals surface area contributed by atoms with Gasteiger partial charge in [-0.05, 0) is 61.1 Å². The minimum Gasteiger partial charge on any atom is -0.394 e. The average molecular weight is 2270 g/mol. The van der Waals surface area contributed by atoms with E-state index >= 15 is 9.13 Å². The van der Waals surface area contributed by atoms with Gasteiger partial charge in [0, 0.05) is 71.9 Å². The number of aliphatic hydroxyl groups excluding tert-OH is 1. The van der Waals surface area contributed by atoms with Crippen molar-refractivity contribution in [3.63, 3.8) is 0 Å². The number of anilines is 6. The van der Waals surface area contributed by atoms with Crippen LogP contribution in [-0.2, 0) is 177 Å². The third-order valence-electron chi connectivity index (χ3n) is 23.5. The highest BCUT2D eigenvalue weighted by Gasteiger charge is 2.58. The summed E-state index contributed by atoms with van der Waals surface area (Å²) in [7, 11) is -5.31. The van der Waals surface area contributed by atoms with Gasteiger partial charge in [-0.3, -0.25) is 64.3 Å². The molecule has 6 saturated heterocycles. The van der Waals surface area contributed by atoms with Crippen LogP contribution in [0.15, 0.2) is 71.1 Å². The fourth-order valence-electron chi connectivity index (χ4n) is 16.7. The zero-order valence-corrected chi connectivity index (χ0v) is 86.9. The number of aryl methyl sites for hydroxylation is 2. The predicted molar refractivity (Wildman–Crippen MR) is 515 cm³/mol. The number of phosphoric ester groups is 2. The molecule has 74 heteroatoms. The number of H-pyrrole nitrogens is 1. The van der Waals surface area contributed by atoms with E-state index in [1.807, 2.05) is 0 Å². The van der Waals surface area contributed by atoms with Gasteiger partial charge in [0.2, 0.25) is 5.95 Å². The molecule has 6 fully saturated rings. The molecule has 0 bridgehead atoms. The third kappa shape index (κ3) is 25.8. The first-order valence-corrected chi connectivity index (χ1v) is 57.4. The molecule has 10 aromatic rings. The molecular weight excluding hydrogens is 2160 g/mol. The number of rotatable bonds is 51. The quantitative estimate of drug-likeness (QED) is 0.0155. The van der Waals surface area contributed by atoms with Crippen molar-refractivity contribution in [2.75, 3.05) is 162 Å². The second kappa shape index (κ2) is 47.5. The number of imidazole rings is 4. The van der Waals surface area contributed by atoms with Gasteiger partial charge in [0.15, 0.2) is 70.5 Å². The third-order valence-corrected chi connectivity index (χ3v) is 31.9. The molecule has 16 rings (SSSR count). The van der Waals surface area contributed by atoms with Crippen molar-refractivity contribution in [3.8, 4) is 0 Å². The molecule has 0 radical (unpaired) electrons. The number of nitrogens with one attached hydrogen (secondary N) is 1. The fraction of sp³-hybridized carbons (Fsp3) is 0.616. The van der Waals surface area contributed by atoms with Crippen molar-refractivity contribution >= 4 is 169 Å². The van der Waals surface area contributed by atoms with E-state index in [9.17, 15) is 48.9 Å². The molecule has 10 unspecified atom stereocenters. The van der Waals surface area contributed by atoms with Crippen molar-refractivity contribution in [3.05, 3.63) is 99.1 Å². The van der Waals surface area contributed by atoms with Crippen LogP contribution in [0, 0.1) is 13.8 Å². The second-order valence-corrected chi connectivity index (χ2v) is 47.1. The first-order valence-electron chi connectivity index (χ1n) is 44.1. The Morgan fingerprint density at radius 1 is 0.374 bits per heavy atom. The summed E-state index contributed by atoms with van der Waals surface area (Å²) in [5.41, 5.74) is 34.8. The number of aromatic nitrogens is 20. The largest absolute Gasteiger partial charge is 0.472 e. The van der Waals surface area contributed by atoms with Gasteiger partial charge in [-0.25, -0.2) is 68.6 Å². The van der Waals surface area contributed by atoms with Crippen molar-refractivity contribution in [2.24, 2.45) is 0 Å². The SMILES string of the molecule is COCCOC1[C@@H](OP(=O)(O)OC[C@H]2O[C@@H](n3cnc4c(=O)[nH]c(N)nc43)C(OCCOC)[C@H]2OP(=O)(O)OC[C@H]2O[C@@H](n3cc(C)c(N)nc3=O)C(OCCOC)[C@H]2OP(O)(=S)OC[C@H]2O[C@@H](n3cnc4c(N)ncnc43)C[C@H]2OP(O)(=S)OC[C@H]2O[C@@H](n3cnc4c(N)ncnc43)C[C@H]2OP(O)(=S)OC)[C@@H](COP(O)(=S)O[C@@H]2C(OCCOC)[C@H](n3cnc4c(N)ncnc43)O[C@@H]2CO)O[C@H]1n1cc(C)c(N)nc1=O. The Morgan fingerprint density at radius 3 is 1.09 bits per heavy atom. The molecule has 808 valence electrons. The molecule has 64 nitrogen and oxygen atoms in total. The molecule has 6 aliphatic rings. The topological polar surface area (TPSA) is 836 Å². The smallest absolute Gasteiger partial charge is 0.394 e. The summed E-state index contributed by atoms with van der Waals surface area (Å²) >= 11 is 22.4. The summed E-state index contributed by atoms with van der Waals surface area (Å²) in [4.78, 5) is 171. The number of methoxy groups -OCH3 is 4. The molecule has 20 N–H and O–H groups in total. The van der Waals surface area contributed by atoms with Crippen LogP contribution in [0.5, 0.6) is 0 Å². The van der Waals surface area contributed by atoms with Crippen LogP contribution in [0.1, 0.15) is 61.3 Å². The second-order valence-electron chi connectivity index (χ2n) is 33.0. The molecular formula is C73H104N26O38P6S4. The van der Waals surface area contributed by atoms with Crippen LogP contribution in [0.4, 0.5) is 35.0 Å². The highest BCUT2D eigenvalue weighted by Crippen LogP contribution is 2.59. The Balaban J connectivity index is 0.680. The van der Waals surface area contributed by atoms with E-state index in [4.69, 9.17) is 202 Å². The van der Waals surface area contributed by atoms with Crippen molar-refractivity contribution in [1.29, 1.82) is 0 Å². The highest BCUT2D eigenvalue weighted by molar-refractivity contribution is 8.08. The maximum absolute atomic E-state index is 15.5. The molecule has 10 aromatic heterocycles. The van der Waals surface area contributed by atoms with E-state index < -0.39 is 247 Å². The monoisotopic (exact) mass is 2270 g/mol. The summed E-state index contributed by atoms with van der Waals surface area (Å²) in [6.45, 7) is -22.6. The lowest BCUT2D eigenvalue weighted by molar-refractivity contribution is -0.0839. The normalized spacial score (nSPS) is 29.0. The zero-order chi connectivity index (χ0) is 105. The van der Waals surface area contributed by atoms with E-state index in [1.165, 1.54) is 106 Å². The van der Waals surface area contributed by atoms with Crippen molar-refractivity contribution in [2.45, 2.75) is 162 Å². The first kappa shape index (κ1) is 112. The molecule has 147 heavy (non-hydrogen) atoms. The van der Waals surface area contributed by atoms with Crippen LogP contribution in [0.2, 0.25) is 0 Å². The van der Waals surface area contributed by atoms with Gasteiger partial charge in [0.1, 0.15) is 145 Å². The Bertz CT molecular complexity index is 6840. The van der Waals surface area contributed by atoms with Crippen LogP contribution < -0.4 is 51.3 Å². The molecule has 0 amide bonds. The molecule has 16 heterocycles. The number of hydrogen-bond acceptors (Lipinski definition) is 55. The van der Waals surface area contributed by atoms with E-state index in [1.54, 1.807) is 0 Å². The van der Waals surface area contributed by atoms with Gasteiger partial charge in [-0.2, -0.15) is 15.0 Å². The van der Waals surface area contributed by atoms with E-state index in [0.717, 1.165) is 27.1 Å². The highest BCUT2D eigenvalue weighted by atomic mass is 32.5. The lowest BCUT2D eigenvalue weighted by Crippen LogP contribution is -2.41. The fourth-order valence-corrected chi connectivity index (χ4v) is 23.9. The van der Waals surface area contributed by atoms with Gasteiger partial charge in [0.05, 0.1) is 130 Å². The average Bonchev–Trinajstić information content (AvgIpc) is 1.61. The maximum Gasteiger partial charge on any atom is 0.472 e.